The molecule has 0 fully saturated rings. The standard InChI is InChI=1S/C10H13N5/c11-10-14-13-9(15(10)12)7-6-8-4-2-1-3-5-8/h1-5H,6-7,12H2,(H2,11,14). The van der Waals surface area contributed by atoms with Crippen LogP contribution in [0.3, 0.4) is 0 Å². The lowest BCUT2D eigenvalue weighted by molar-refractivity contribution is 0.805. The smallest absolute Gasteiger partial charge is 0.240 e. The number of anilines is 1. The summed E-state index contributed by atoms with van der Waals surface area (Å²) >= 11 is 0. The maximum Gasteiger partial charge on any atom is 0.240 e. The molecule has 0 saturated heterocycles. The number of hydrogen-bond acceptors (Lipinski definition) is 4. The molecule has 1 aromatic heterocycles. The molecule has 0 saturated carbocycles. The van der Waals surface area contributed by atoms with Gasteiger partial charge >= 0.3 is 0 Å². The number of aryl methyl sites for hydroxylation is 2. The maximum atomic E-state index is 5.63. The minimum atomic E-state index is 0.248. The van der Waals surface area contributed by atoms with E-state index in [1.807, 2.05) is 18.2 Å². The van der Waals surface area contributed by atoms with E-state index in [2.05, 4.69) is 22.3 Å². The Labute approximate surface area is 87.7 Å². The topological polar surface area (TPSA) is 82.8 Å². The van der Waals surface area contributed by atoms with Gasteiger partial charge in [-0.25, -0.2) is 4.68 Å². The zero-order valence-electron chi connectivity index (χ0n) is 8.30. The number of nitrogens with zero attached hydrogens (tertiary/aromatic N) is 3. The molecule has 0 radical (unpaired) electrons. The number of nitrogen functional groups attached to an aromatic ring is 2. The van der Waals surface area contributed by atoms with Crippen LogP contribution in [0.2, 0.25) is 0 Å². The summed E-state index contributed by atoms with van der Waals surface area (Å²) in [4.78, 5) is 0. The molecule has 0 aliphatic heterocycles. The van der Waals surface area contributed by atoms with E-state index in [1.54, 1.807) is 0 Å². The van der Waals surface area contributed by atoms with Crippen molar-refractivity contribution in [3.63, 3.8) is 0 Å². The fraction of sp³-hybridized carbons (Fsp3) is 0.200. The summed E-state index contributed by atoms with van der Waals surface area (Å²) in [7, 11) is 0. The van der Waals surface area contributed by atoms with Gasteiger partial charge in [0, 0.05) is 6.42 Å². The lowest BCUT2D eigenvalue weighted by atomic mass is 10.1. The van der Waals surface area contributed by atoms with Crippen LogP contribution in [0, 0.1) is 0 Å². The Balaban J connectivity index is 2.02. The third kappa shape index (κ3) is 2.07. The number of nitrogens with two attached hydrogens (primary N) is 2. The van der Waals surface area contributed by atoms with Crippen LogP contribution in [0.1, 0.15) is 11.4 Å². The van der Waals surface area contributed by atoms with Gasteiger partial charge in [-0.1, -0.05) is 30.3 Å². The van der Waals surface area contributed by atoms with Crippen molar-refractivity contribution in [1.82, 2.24) is 14.9 Å². The minimum absolute atomic E-state index is 0.248. The van der Waals surface area contributed by atoms with Gasteiger partial charge in [0.05, 0.1) is 0 Å². The van der Waals surface area contributed by atoms with Crippen LogP contribution in [0.5, 0.6) is 0 Å². The van der Waals surface area contributed by atoms with Gasteiger partial charge in [0.25, 0.3) is 0 Å². The highest BCUT2D eigenvalue weighted by Gasteiger charge is 2.05. The molecule has 4 N–H and O–H groups in total. The average Bonchev–Trinajstić information content (AvgIpc) is 2.59. The Hall–Kier alpha value is -2.04. The first-order valence-electron chi connectivity index (χ1n) is 4.76. The first kappa shape index (κ1) is 9.51. The van der Waals surface area contributed by atoms with Crippen molar-refractivity contribution in [2.45, 2.75) is 12.8 Å². The molecule has 78 valence electrons. The third-order valence-electron chi connectivity index (χ3n) is 2.27. The molecule has 15 heavy (non-hydrogen) atoms. The Morgan fingerprint density at radius 3 is 2.40 bits per heavy atom. The molecule has 5 nitrogen and oxygen atoms in total. The normalized spacial score (nSPS) is 10.4. The van der Waals surface area contributed by atoms with Crippen molar-refractivity contribution < 1.29 is 0 Å². The molecule has 1 heterocycles. The molecule has 1 aromatic carbocycles. The van der Waals surface area contributed by atoms with Crippen molar-refractivity contribution in [2.75, 3.05) is 11.6 Å². The van der Waals surface area contributed by atoms with E-state index >= 15 is 0 Å². The van der Waals surface area contributed by atoms with Crippen molar-refractivity contribution in [1.29, 1.82) is 0 Å². The van der Waals surface area contributed by atoms with Crippen molar-refractivity contribution in [3.8, 4) is 0 Å². The first-order chi connectivity index (χ1) is 7.27. The van der Waals surface area contributed by atoms with Crippen molar-refractivity contribution >= 4 is 5.95 Å². The van der Waals surface area contributed by atoms with Gasteiger partial charge in [-0.05, 0) is 12.0 Å². The Bertz CT molecular complexity index is 434. The van der Waals surface area contributed by atoms with Gasteiger partial charge in [0.2, 0.25) is 5.95 Å². The first-order valence-corrected chi connectivity index (χ1v) is 4.76. The highest BCUT2D eigenvalue weighted by atomic mass is 15.4. The fourth-order valence-corrected chi connectivity index (χ4v) is 1.41. The van der Waals surface area contributed by atoms with Gasteiger partial charge < -0.3 is 11.6 Å². The molecule has 0 bridgehead atoms. The summed E-state index contributed by atoms with van der Waals surface area (Å²) in [5, 5.41) is 7.59. The van der Waals surface area contributed by atoms with Crippen LogP contribution >= 0.6 is 0 Å². The Kier molecular flexibility index (Phi) is 2.53. The van der Waals surface area contributed by atoms with E-state index in [-0.39, 0.29) is 5.95 Å². The zero-order chi connectivity index (χ0) is 10.7. The second-order valence-corrected chi connectivity index (χ2v) is 3.33. The molecule has 0 atom stereocenters. The monoisotopic (exact) mass is 203 g/mol. The number of hydrogen-bond donors (Lipinski definition) is 2. The van der Waals surface area contributed by atoms with Crippen LogP contribution in [0.25, 0.3) is 0 Å². The summed E-state index contributed by atoms with van der Waals surface area (Å²) in [5.74, 6) is 6.59. The zero-order valence-corrected chi connectivity index (χ0v) is 8.30. The third-order valence-corrected chi connectivity index (χ3v) is 2.27. The van der Waals surface area contributed by atoms with Crippen LogP contribution in [-0.2, 0) is 12.8 Å². The highest BCUT2D eigenvalue weighted by Crippen LogP contribution is 2.05. The lowest BCUT2D eigenvalue weighted by Crippen LogP contribution is -2.16. The van der Waals surface area contributed by atoms with Crippen molar-refractivity contribution in [3.05, 3.63) is 41.7 Å². The molecule has 0 aliphatic carbocycles. The SMILES string of the molecule is Nc1nnc(CCc2ccccc2)n1N. The molecular formula is C10H13N5. The van der Waals surface area contributed by atoms with E-state index in [0.717, 1.165) is 12.8 Å². The van der Waals surface area contributed by atoms with Gasteiger partial charge in [-0.15, -0.1) is 10.2 Å². The summed E-state index contributed by atoms with van der Waals surface area (Å²) in [6.45, 7) is 0. The van der Waals surface area contributed by atoms with Crippen LogP contribution in [-0.4, -0.2) is 14.9 Å². The molecule has 5 heteroatoms. The maximum absolute atomic E-state index is 5.63. The highest BCUT2D eigenvalue weighted by molar-refractivity contribution is 5.19. The van der Waals surface area contributed by atoms with E-state index in [9.17, 15) is 0 Å². The second kappa shape index (κ2) is 4.00. The summed E-state index contributed by atoms with van der Waals surface area (Å²) in [6, 6.07) is 10.2. The van der Waals surface area contributed by atoms with Gasteiger partial charge in [-0.2, -0.15) is 0 Å². The van der Waals surface area contributed by atoms with E-state index in [4.69, 9.17) is 11.6 Å². The Morgan fingerprint density at radius 1 is 1.07 bits per heavy atom. The quantitative estimate of drug-likeness (QED) is 0.705. The van der Waals surface area contributed by atoms with Gasteiger partial charge in [-0.3, -0.25) is 0 Å². The largest absolute Gasteiger partial charge is 0.366 e. The van der Waals surface area contributed by atoms with E-state index < -0.39 is 0 Å². The summed E-state index contributed by atoms with van der Waals surface area (Å²) in [6.07, 6.45) is 1.63. The summed E-state index contributed by atoms with van der Waals surface area (Å²) in [5.41, 5.74) is 6.72. The van der Waals surface area contributed by atoms with Gasteiger partial charge in [0.15, 0.2) is 5.82 Å². The molecule has 2 rings (SSSR count). The predicted molar refractivity (Wildman–Crippen MR) is 58.4 cm³/mol. The van der Waals surface area contributed by atoms with Gasteiger partial charge in [0.1, 0.15) is 0 Å². The number of aromatic nitrogens is 3. The Morgan fingerprint density at radius 2 is 1.80 bits per heavy atom. The molecule has 0 spiro atoms. The minimum Gasteiger partial charge on any atom is -0.366 e. The molecule has 0 amide bonds. The van der Waals surface area contributed by atoms with E-state index in [1.165, 1.54) is 10.2 Å². The van der Waals surface area contributed by atoms with Crippen LogP contribution < -0.4 is 11.6 Å². The summed E-state index contributed by atoms with van der Waals surface area (Å²) < 4.78 is 1.32. The molecular weight excluding hydrogens is 190 g/mol. The molecule has 2 aromatic rings. The second-order valence-electron chi connectivity index (χ2n) is 3.33. The average molecular weight is 203 g/mol. The predicted octanol–water partition coefficient (Wildman–Crippen LogP) is 0.359. The molecule has 0 aliphatic rings. The fourth-order valence-electron chi connectivity index (χ4n) is 1.41. The lowest BCUT2D eigenvalue weighted by Gasteiger charge is -2.01. The number of rotatable bonds is 3. The van der Waals surface area contributed by atoms with Crippen molar-refractivity contribution in [2.24, 2.45) is 0 Å². The van der Waals surface area contributed by atoms with Crippen LogP contribution in [0.15, 0.2) is 30.3 Å². The molecule has 0 unspecified atom stereocenters. The van der Waals surface area contributed by atoms with Crippen LogP contribution in [0.4, 0.5) is 5.95 Å². The number of benzene rings is 1. The van der Waals surface area contributed by atoms with E-state index in [0.29, 0.717) is 5.82 Å².